The van der Waals surface area contributed by atoms with Gasteiger partial charge in [0.05, 0.1) is 0 Å². The molecular formula is C14H22N2S. The predicted octanol–water partition coefficient (Wildman–Crippen LogP) is 3.20. The molecule has 0 aliphatic heterocycles. The van der Waals surface area contributed by atoms with E-state index in [2.05, 4.69) is 54.4 Å². The average molecular weight is 250 g/mol. The number of rotatable bonds is 7. The van der Waals surface area contributed by atoms with Gasteiger partial charge in [0.15, 0.2) is 0 Å². The summed E-state index contributed by atoms with van der Waals surface area (Å²) in [7, 11) is 0. The van der Waals surface area contributed by atoms with E-state index in [1.165, 1.54) is 16.7 Å². The fourth-order valence-electron chi connectivity index (χ4n) is 1.61. The maximum atomic E-state index is 3.44. The Kier molecular flexibility index (Phi) is 6.82. The van der Waals surface area contributed by atoms with Crippen molar-refractivity contribution in [3.63, 3.8) is 0 Å². The van der Waals surface area contributed by atoms with Crippen molar-refractivity contribution in [1.82, 2.24) is 10.0 Å². The van der Waals surface area contributed by atoms with Crippen LogP contribution in [0.4, 0.5) is 0 Å². The molecule has 2 N–H and O–H groups in total. The van der Waals surface area contributed by atoms with Gasteiger partial charge >= 0.3 is 0 Å². The van der Waals surface area contributed by atoms with Gasteiger partial charge in [0.25, 0.3) is 0 Å². The second-order valence-electron chi connectivity index (χ2n) is 4.04. The van der Waals surface area contributed by atoms with Gasteiger partial charge in [0.1, 0.15) is 0 Å². The summed E-state index contributed by atoms with van der Waals surface area (Å²) >= 11 is 1.61. The Balaban J connectivity index is 2.75. The van der Waals surface area contributed by atoms with Gasteiger partial charge in [-0.25, -0.2) is 0 Å². The molecule has 1 aromatic rings. The van der Waals surface area contributed by atoms with Crippen LogP contribution in [0.15, 0.2) is 30.5 Å². The molecule has 0 spiro atoms. The van der Waals surface area contributed by atoms with Crippen LogP contribution in [0.3, 0.4) is 0 Å². The molecule has 94 valence electrons. The fraction of sp³-hybridized carbons (Fsp3) is 0.429. The first-order chi connectivity index (χ1) is 8.27. The van der Waals surface area contributed by atoms with Crippen molar-refractivity contribution in [2.75, 3.05) is 19.3 Å². The molecular weight excluding hydrogens is 228 g/mol. The number of nitrogens with one attached hydrogen (secondary N) is 2. The van der Waals surface area contributed by atoms with Crippen molar-refractivity contribution >= 4 is 17.5 Å². The average Bonchev–Trinajstić information content (AvgIpc) is 2.33. The van der Waals surface area contributed by atoms with Crippen LogP contribution in [0, 0.1) is 6.92 Å². The smallest absolute Gasteiger partial charge is 0.0226 e. The molecule has 0 aliphatic rings. The summed E-state index contributed by atoms with van der Waals surface area (Å²) in [6.07, 6.45) is 5.28. The van der Waals surface area contributed by atoms with E-state index in [0.717, 1.165) is 19.5 Å². The van der Waals surface area contributed by atoms with E-state index in [0.29, 0.717) is 0 Å². The van der Waals surface area contributed by atoms with Gasteiger partial charge in [-0.3, -0.25) is 0 Å². The number of aryl methyl sites for hydroxylation is 1. The molecule has 2 nitrogen and oxygen atoms in total. The van der Waals surface area contributed by atoms with Gasteiger partial charge in [0.2, 0.25) is 0 Å². The number of hydrogen-bond donors (Lipinski definition) is 2. The number of benzene rings is 1. The van der Waals surface area contributed by atoms with E-state index < -0.39 is 0 Å². The summed E-state index contributed by atoms with van der Waals surface area (Å²) in [6, 6.07) is 8.62. The summed E-state index contributed by atoms with van der Waals surface area (Å²) in [5.41, 5.74) is 3.89. The normalized spacial score (nSPS) is 11.6. The van der Waals surface area contributed by atoms with E-state index in [9.17, 15) is 0 Å². The zero-order valence-corrected chi connectivity index (χ0v) is 11.7. The van der Waals surface area contributed by atoms with E-state index >= 15 is 0 Å². The Labute approximate surface area is 109 Å². The fourth-order valence-corrected chi connectivity index (χ4v) is 1.87. The molecule has 0 amide bonds. The van der Waals surface area contributed by atoms with Crippen molar-refractivity contribution in [1.29, 1.82) is 0 Å². The second kappa shape index (κ2) is 8.20. The lowest BCUT2D eigenvalue weighted by atomic mass is 10.0. The Morgan fingerprint density at radius 2 is 2.24 bits per heavy atom. The van der Waals surface area contributed by atoms with Crippen LogP contribution in [0.25, 0.3) is 5.57 Å². The van der Waals surface area contributed by atoms with E-state index in [-0.39, 0.29) is 0 Å². The summed E-state index contributed by atoms with van der Waals surface area (Å²) in [5, 5.41) is 3.44. The third kappa shape index (κ3) is 5.29. The lowest BCUT2D eigenvalue weighted by molar-refractivity contribution is 0.734. The van der Waals surface area contributed by atoms with Crippen molar-refractivity contribution in [3.8, 4) is 0 Å². The van der Waals surface area contributed by atoms with Gasteiger partial charge in [0, 0.05) is 19.0 Å². The van der Waals surface area contributed by atoms with Crippen LogP contribution >= 0.6 is 11.9 Å². The van der Waals surface area contributed by atoms with Crippen LogP contribution < -0.4 is 10.0 Å². The lowest BCUT2D eigenvalue weighted by Gasteiger charge is -2.10. The van der Waals surface area contributed by atoms with Crippen molar-refractivity contribution in [2.45, 2.75) is 20.3 Å². The molecule has 0 bridgehead atoms. The van der Waals surface area contributed by atoms with Gasteiger partial charge in [-0.05, 0) is 31.0 Å². The molecule has 0 saturated carbocycles. The summed E-state index contributed by atoms with van der Waals surface area (Å²) in [4.78, 5) is 0. The highest BCUT2D eigenvalue weighted by Gasteiger charge is 2.01. The van der Waals surface area contributed by atoms with E-state index in [1.54, 1.807) is 11.9 Å². The Bertz CT molecular complexity index is 361. The quantitative estimate of drug-likeness (QED) is 0.574. The lowest BCUT2D eigenvalue weighted by Crippen LogP contribution is -2.18. The topological polar surface area (TPSA) is 24.1 Å². The summed E-state index contributed by atoms with van der Waals surface area (Å²) in [6.45, 7) is 6.28. The van der Waals surface area contributed by atoms with Crippen LogP contribution in [0.1, 0.15) is 24.5 Å². The first-order valence-electron chi connectivity index (χ1n) is 6.03. The molecule has 3 heteroatoms. The largest absolute Gasteiger partial charge is 0.336 e. The summed E-state index contributed by atoms with van der Waals surface area (Å²) in [5.74, 6) is 0. The monoisotopic (exact) mass is 250 g/mol. The Morgan fingerprint density at radius 1 is 1.41 bits per heavy atom. The van der Waals surface area contributed by atoms with Gasteiger partial charge in [-0.2, -0.15) is 0 Å². The molecule has 0 aromatic heterocycles. The van der Waals surface area contributed by atoms with Crippen LogP contribution in [0.5, 0.6) is 0 Å². The van der Waals surface area contributed by atoms with Crippen molar-refractivity contribution in [3.05, 3.63) is 41.6 Å². The standard InChI is InChI=1S/C14H22N2S/c1-4-8-15-10-14(11-16-17-3)13-7-5-6-12(2)9-13/h5-7,9,11,15-16H,4,8,10H2,1-3H3/b14-11-. The second-order valence-corrected chi connectivity index (χ2v) is 4.68. The van der Waals surface area contributed by atoms with Gasteiger partial charge in [-0.15, -0.1) is 0 Å². The maximum Gasteiger partial charge on any atom is 0.0226 e. The van der Waals surface area contributed by atoms with Crippen LogP contribution in [-0.4, -0.2) is 19.3 Å². The zero-order valence-electron chi connectivity index (χ0n) is 10.9. The highest BCUT2D eigenvalue weighted by Crippen LogP contribution is 2.14. The molecule has 1 rings (SSSR count). The van der Waals surface area contributed by atoms with Crippen LogP contribution in [-0.2, 0) is 0 Å². The molecule has 0 heterocycles. The molecule has 0 atom stereocenters. The predicted molar refractivity (Wildman–Crippen MR) is 79.0 cm³/mol. The van der Waals surface area contributed by atoms with Gasteiger partial charge < -0.3 is 10.0 Å². The zero-order chi connectivity index (χ0) is 12.5. The minimum atomic E-state index is 0.908. The summed E-state index contributed by atoms with van der Waals surface area (Å²) < 4.78 is 3.21. The van der Waals surface area contributed by atoms with Crippen molar-refractivity contribution < 1.29 is 0 Å². The molecule has 1 aromatic carbocycles. The number of hydrogen-bond acceptors (Lipinski definition) is 3. The minimum Gasteiger partial charge on any atom is -0.336 e. The molecule has 17 heavy (non-hydrogen) atoms. The van der Waals surface area contributed by atoms with E-state index in [4.69, 9.17) is 0 Å². The third-order valence-corrected chi connectivity index (χ3v) is 2.84. The molecule has 0 radical (unpaired) electrons. The third-order valence-electron chi connectivity index (χ3n) is 2.48. The first-order valence-corrected chi connectivity index (χ1v) is 7.25. The first kappa shape index (κ1) is 14.1. The molecule has 0 aliphatic carbocycles. The highest BCUT2D eigenvalue weighted by atomic mass is 32.2. The maximum absolute atomic E-state index is 3.44. The van der Waals surface area contributed by atoms with Gasteiger partial charge in [-0.1, -0.05) is 48.7 Å². The Hall–Kier alpha value is -0.930. The SMILES string of the molecule is CCCNC/C(=C/NSC)c1cccc(C)c1. The van der Waals surface area contributed by atoms with Crippen molar-refractivity contribution in [2.24, 2.45) is 0 Å². The molecule has 0 saturated heterocycles. The van der Waals surface area contributed by atoms with Crippen LogP contribution in [0.2, 0.25) is 0 Å². The highest BCUT2D eigenvalue weighted by molar-refractivity contribution is 7.96. The molecule has 0 fully saturated rings. The minimum absolute atomic E-state index is 0.908. The van der Waals surface area contributed by atoms with E-state index in [1.807, 2.05) is 6.26 Å². The molecule has 0 unspecified atom stereocenters. The Morgan fingerprint density at radius 3 is 2.88 bits per heavy atom.